The molecule has 1 aromatic rings. The molecule has 1 aromatic carbocycles. The summed E-state index contributed by atoms with van der Waals surface area (Å²) >= 11 is 6.60. The van der Waals surface area contributed by atoms with Crippen LogP contribution in [0.5, 0.6) is 0 Å². The van der Waals surface area contributed by atoms with Crippen LogP contribution in [0.2, 0.25) is 0 Å². The normalized spacial score (nSPS) is 13.4. The summed E-state index contributed by atoms with van der Waals surface area (Å²) in [5.41, 5.74) is 1.32. The van der Waals surface area contributed by atoms with Gasteiger partial charge in [0, 0.05) is 11.4 Å². The first kappa shape index (κ1) is 17.2. The summed E-state index contributed by atoms with van der Waals surface area (Å²) in [7, 11) is 0. The molecule has 0 bridgehead atoms. The van der Waals surface area contributed by atoms with Gasteiger partial charge in [-0.15, -0.1) is 0 Å². The third kappa shape index (κ3) is 5.25. The Labute approximate surface area is 136 Å². The number of hydrogen-bond acceptors (Lipinski definition) is 2. The van der Waals surface area contributed by atoms with Crippen LogP contribution in [-0.2, 0) is 9.59 Å². The van der Waals surface area contributed by atoms with Gasteiger partial charge in [-0.1, -0.05) is 51.8 Å². The van der Waals surface area contributed by atoms with E-state index in [-0.39, 0.29) is 21.5 Å². The van der Waals surface area contributed by atoms with Gasteiger partial charge in [-0.05, 0) is 31.0 Å². The number of hydrogen-bond donors (Lipinski definition) is 2. The van der Waals surface area contributed by atoms with E-state index in [1.807, 2.05) is 13.8 Å². The van der Waals surface area contributed by atoms with Gasteiger partial charge in [-0.25, -0.2) is 0 Å². The van der Waals surface area contributed by atoms with Crippen LogP contribution in [0.25, 0.3) is 0 Å². The fraction of sp³-hybridized carbons (Fsp3) is 0.429. The summed E-state index contributed by atoms with van der Waals surface area (Å²) in [4.78, 5) is 23.1. The third-order valence-electron chi connectivity index (χ3n) is 2.68. The van der Waals surface area contributed by atoms with Crippen molar-refractivity contribution in [1.82, 2.24) is 0 Å². The van der Waals surface area contributed by atoms with E-state index in [0.717, 1.165) is 0 Å². The summed E-state index contributed by atoms with van der Waals surface area (Å²) in [6.45, 7) is 3.85. The van der Waals surface area contributed by atoms with Gasteiger partial charge in [-0.3, -0.25) is 9.59 Å². The standard InChI is InChI=1S/C14H18Br2N2O2/c1-3-11(15)13(19)17-9-6-5-7-10(8-9)18-14(20)12(16)4-2/h5-8,11-12H,3-4H2,1-2H3,(H,17,19)(H,18,20)/t11-,12+. The van der Waals surface area contributed by atoms with E-state index in [2.05, 4.69) is 42.5 Å². The van der Waals surface area contributed by atoms with E-state index >= 15 is 0 Å². The molecule has 0 fully saturated rings. The molecule has 4 nitrogen and oxygen atoms in total. The number of rotatable bonds is 6. The minimum Gasteiger partial charge on any atom is -0.325 e. The Morgan fingerprint density at radius 2 is 1.40 bits per heavy atom. The number of carbonyl (C=O) groups is 2. The summed E-state index contributed by atoms with van der Waals surface area (Å²) in [5.74, 6) is -0.189. The van der Waals surface area contributed by atoms with Gasteiger partial charge in [0.15, 0.2) is 0 Å². The number of carbonyl (C=O) groups excluding carboxylic acids is 2. The van der Waals surface area contributed by atoms with Crippen LogP contribution in [0.15, 0.2) is 24.3 Å². The highest BCUT2D eigenvalue weighted by molar-refractivity contribution is 9.10. The van der Waals surface area contributed by atoms with E-state index in [0.29, 0.717) is 24.2 Å². The summed E-state index contributed by atoms with van der Waals surface area (Å²) < 4.78 is 0. The Hall–Kier alpha value is -0.880. The highest BCUT2D eigenvalue weighted by Gasteiger charge is 2.14. The molecule has 6 heteroatoms. The van der Waals surface area contributed by atoms with Crippen molar-refractivity contribution in [2.45, 2.75) is 36.3 Å². The van der Waals surface area contributed by atoms with Gasteiger partial charge in [0.05, 0.1) is 9.65 Å². The molecule has 0 aliphatic rings. The van der Waals surface area contributed by atoms with E-state index in [1.54, 1.807) is 24.3 Å². The first-order chi connectivity index (χ1) is 9.47. The quantitative estimate of drug-likeness (QED) is 0.705. The Bertz CT molecular complexity index is 441. The molecule has 2 atom stereocenters. The predicted molar refractivity (Wildman–Crippen MR) is 89.7 cm³/mol. The van der Waals surface area contributed by atoms with Crippen LogP contribution >= 0.6 is 31.9 Å². The molecule has 20 heavy (non-hydrogen) atoms. The molecule has 110 valence electrons. The van der Waals surface area contributed by atoms with Crippen molar-refractivity contribution >= 4 is 55.0 Å². The average Bonchev–Trinajstić information content (AvgIpc) is 2.45. The fourth-order valence-electron chi connectivity index (χ4n) is 1.49. The van der Waals surface area contributed by atoms with Crippen molar-refractivity contribution in [2.75, 3.05) is 10.6 Å². The Morgan fingerprint density at radius 3 is 1.75 bits per heavy atom. The van der Waals surface area contributed by atoms with E-state index < -0.39 is 0 Å². The number of benzene rings is 1. The van der Waals surface area contributed by atoms with Crippen LogP contribution in [0, 0.1) is 0 Å². The molecule has 1 rings (SSSR count). The monoisotopic (exact) mass is 404 g/mol. The highest BCUT2D eigenvalue weighted by Crippen LogP contribution is 2.18. The molecule has 0 unspecified atom stereocenters. The number of halogens is 2. The molecule has 0 spiro atoms. The van der Waals surface area contributed by atoms with Crippen LogP contribution in [0.4, 0.5) is 11.4 Å². The number of nitrogens with one attached hydrogen (secondary N) is 2. The zero-order valence-corrected chi connectivity index (χ0v) is 14.6. The Morgan fingerprint density at radius 1 is 1.00 bits per heavy atom. The minimum atomic E-state index is -0.215. The lowest BCUT2D eigenvalue weighted by Crippen LogP contribution is -2.23. The summed E-state index contributed by atoms with van der Waals surface area (Å²) in [6, 6.07) is 7.10. The molecule has 0 saturated heterocycles. The zero-order chi connectivity index (χ0) is 15.1. The van der Waals surface area contributed by atoms with Crippen molar-refractivity contribution in [3.8, 4) is 0 Å². The summed E-state index contributed by atoms with van der Waals surface area (Å²) in [6.07, 6.45) is 1.42. The van der Waals surface area contributed by atoms with E-state index in [1.165, 1.54) is 0 Å². The molecular formula is C14H18Br2N2O2. The second-order valence-corrected chi connectivity index (χ2v) is 6.52. The van der Waals surface area contributed by atoms with E-state index in [9.17, 15) is 9.59 Å². The molecule has 0 aliphatic carbocycles. The second-order valence-electron chi connectivity index (χ2n) is 4.31. The zero-order valence-electron chi connectivity index (χ0n) is 11.5. The van der Waals surface area contributed by atoms with Crippen molar-refractivity contribution in [1.29, 1.82) is 0 Å². The van der Waals surface area contributed by atoms with Gasteiger partial charge >= 0.3 is 0 Å². The predicted octanol–water partition coefficient (Wildman–Crippen LogP) is 3.91. The van der Waals surface area contributed by atoms with Crippen LogP contribution in [0.3, 0.4) is 0 Å². The maximum atomic E-state index is 11.8. The van der Waals surface area contributed by atoms with E-state index in [4.69, 9.17) is 0 Å². The third-order valence-corrected chi connectivity index (χ3v) is 4.81. The van der Waals surface area contributed by atoms with Crippen molar-refractivity contribution in [3.05, 3.63) is 24.3 Å². The molecular weight excluding hydrogens is 388 g/mol. The largest absolute Gasteiger partial charge is 0.325 e. The molecule has 0 aliphatic heterocycles. The molecule has 0 radical (unpaired) electrons. The second kappa shape index (κ2) is 8.42. The van der Waals surface area contributed by atoms with Gasteiger partial charge in [0.2, 0.25) is 11.8 Å². The van der Waals surface area contributed by atoms with Crippen LogP contribution in [0.1, 0.15) is 26.7 Å². The number of amides is 2. The number of anilines is 2. The lowest BCUT2D eigenvalue weighted by atomic mass is 10.2. The SMILES string of the molecule is CC[C@@H](Br)C(=O)Nc1cccc(NC(=O)[C@@H](Br)CC)c1. The lowest BCUT2D eigenvalue weighted by molar-refractivity contribution is -0.116. The molecule has 2 N–H and O–H groups in total. The molecule has 0 saturated carbocycles. The van der Waals surface area contributed by atoms with Crippen molar-refractivity contribution < 1.29 is 9.59 Å². The van der Waals surface area contributed by atoms with Gasteiger partial charge in [0.25, 0.3) is 0 Å². The first-order valence-corrected chi connectivity index (χ1v) is 8.31. The molecule has 0 aromatic heterocycles. The van der Waals surface area contributed by atoms with Crippen molar-refractivity contribution in [3.63, 3.8) is 0 Å². The maximum Gasteiger partial charge on any atom is 0.238 e. The highest BCUT2D eigenvalue weighted by atomic mass is 79.9. The Kier molecular flexibility index (Phi) is 7.23. The maximum absolute atomic E-state index is 11.8. The van der Waals surface area contributed by atoms with Crippen LogP contribution < -0.4 is 10.6 Å². The molecule has 0 heterocycles. The summed E-state index contributed by atoms with van der Waals surface area (Å²) in [5, 5.41) is 5.60. The molecule has 2 amide bonds. The fourth-order valence-corrected chi connectivity index (χ4v) is 1.72. The minimum absolute atomic E-state index is 0.0945. The lowest BCUT2D eigenvalue weighted by Gasteiger charge is -2.12. The average molecular weight is 406 g/mol. The Balaban J connectivity index is 2.71. The topological polar surface area (TPSA) is 58.2 Å². The smallest absolute Gasteiger partial charge is 0.238 e. The van der Waals surface area contributed by atoms with Crippen molar-refractivity contribution in [2.24, 2.45) is 0 Å². The van der Waals surface area contributed by atoms with Gasteiger partial charge in [-0.2, -0.15) is 0 Å². The van der Waals surface area contributed by atoms with Crippen LogP contribution in [-0.4, -0.2) is 21.5 Å². The first-order valence-electron chi connectivity index (χ1n) is 6.47. The van der Waals surface area contributed by atoms with Gasteiger partial charge < -0.3 is 10.6 Å². The number of alkyl halides is 2. The van der Waals surface area contributed by atoms with Gasteiger partial charge in [0.1, 0.15) is 0 Å².